The van der Waals surface area contributed by atoms with Crippen molar-refractivity contribution >= 4 is 50.5 Å². The lowest BCUT2D eigenvalue weighted by atomic mass is 9.89. The average molecular weight is 447 g/mol. The smallest absolute Gasteiger partial charge is 0.198 e. The number of aryl methyl sites for hydroxylation is 1. The molecular weight excluding hydrogens is 423 g/mol. The van der Waals surface area contributed by atoms with E-state index in [-0.39, 0.29) is 5.78 Å². The second-order valence-corrected chi connectivity index (χ2v) is 10.6. The van der Waals surface area contributed by atoms with Gasteiger partial charge in [-0.3, -0.25) is 9.69 Å². The van der Waals surface area contributed by atoms with Gasteiger partial charge < -0.3 is 0 Å². The van der Waals surface area contributed by atoms with Crippen LogP contribution >= 0.6 is 34.5 Å². The number of Topliss-reactive ketones (excluding diaryl/α,β-unsaturated/α-hetero) is 1. The fourth-order valence-electron chi connectivity index (χ4n) is 4.04. The Bertz CT molecular complexity index is 995. The molecule has 0 bridgehead atoms. The van der Waals surface area contributed by atoms with Crippen molar-refractivity contribution in [1.29, 1.82) is 0 Å². The Hall–Kier alpha value is -1.46. The van der Waals surface area contributed by atoms with Gasteiger partial charge in [-0.25, -0.2) is 4.98 Å². The van der Waals surface area contributed by atoms with Gasteiger partial charge in [0, 0.05) is 12.1 Å². The van der Waals surface area contributed by atoms with E-state index in [4.69, 9.17) is 23.2 Å². The third kappa shape index (κ3) is 5.00. The van der Waals surface area contributed by atoms with Crippen LogP contribution in [0.15, 0.2) is 48.5 Å². The van der Waals surface area contributed by atoms with Crippen LogP contribution in [0.3, 0.4) is 0 Å². The number of halogens is 2. The van der Waals surface area contributed by atoms with E-state index < -0.39 is 4.33 Å². The van der Waals surface area contributed by atoms with E-state index in [1.807, 2.05) is 25.1 Å². The van der Waals surface area contributed by atoms with Gasteiger partial charge in [-0.05, 0) is 69.0 Å². The second-order valence-electron chi connectivity index (χ2n) is 7.86. The number of nitrogens with zero attached hydrogens (tertiary/aromatic N) is 2. The molecule has 1 aliphatic heterocycles. The summed E-state index contributed by atoms with van der Waals surface area (Å²) in [5.41, 5.74) is 2.80. The quantitative estimate of drug-likeness (QED) is 0.330. The summed E-state index contributed by atoms with van der Waals surface area (Å²) in [5.74, 6) is 0.149. The zero-order chi connectivity index (χ0) is 20.4. The molecule has 2 heterocycles. The SMILES string of the molecule is Cc1nc2ccc(C(=O)C(Cl)(Cl)CC3CCN(Cc4ccccc4)CC3)cc2s1. The van der Waals surface area contributed by atoms with Crippen molar-refractivity contribution in [3.05, 3.63) is 64.7 Å². The number of hydrogen-bond acceptors (Lipinski definition) is 4. The Morgan fingerprint density at radius 1 is 1.17 bits per heavy atom. The number of ketones is 1. The van der Waals surface area contributed by atoms with Crippen molar-refractivity contribution < 1.29 is 4.79 Å². The normalized spacial score (nSPS) is 16.4. The number of hydrogen-bond donors (Lipinski definition) is 0. The summed E-state index contributed by atoms with van der Waals surface area (Å²) in [6.07, 6.45) is 2.51. The minimum Gasteiger partial charge on any atom is -0.299 e. The van der Waals surface area contributed by atoms with Gasteiger partial charge >= 0.3 is 0 Å². The van der Waals surface area contributed by atoms with Crippen molar-refractivity contribution in [3.8, 4) is 0 Å². The monoisotopic (exact) mass is 446 g/mol. The molecule has 0 radical (unpaired) electrons. The first-order chi connectivity index (χ1) is 13.9. The van der Waals surface area contributed by atoms with Gasteiger partial charge in [-0.2, -0.15) is 0 Å². The maximum atomic E-state index is 13.0. The van der Waals surface area contributed by atoms with Gasteiger partial charge in [0.15, 0.2) is 10.1 Å². The van der Waals surface area contributed by atoms with E-state index in [9.17, 15) is 4.79 Å². The van der Waals surface area contributed by atoms with Gasteiger partial charge in [-0.1, -0.05) is 53.5 Å². The van der Waals surface area contributed by atoms with Crippen molar-refractivity contribution in [3.63, 3.8) is 0 Å². The molecule has 152 valence electrons. The number of rotatable bonds is 6. The molecule has 1 fully saturated rings. The third-order valence-corrected chi connectivity index (χ3v) is 7.18. The molecule has 0 unspecified atom stereocenters. The Kier molecular flexibility index (Phi) is 6.26. The zero-order valence-corrected chi connectivity index (χ0v) is 18.7. The van der Waals surface area contributed by atoms with Gasteiger partial charge in [0.2, 0.25) is 0 Å². The highest BCUT2D eigenvalue weighted by molar-refractivity contribution is 7.18. The van der Waals surface area contributed by atoms with Crippen LogP contribution in [-0.2, 0) is 6.54 Å². The number of likely N-dealkylation sites (tertiary alicyclic amines) is 1. The fraction of sp³-hybridized carbons (Fsp3) is 0.391. The zero-order valence-electron chi connectivity index (χ0n) is 16.4. The molecule has 1 saturated heterocycles. The molecular formula is C23H24Cl2N2OS. The first-order valence-corrected chi connectivity index (χ1v) is 11.5. The number of thiazole rings is 1. The minimum atomic E-state index is -1.39. The standard InChI is InChI=1S/C23H24Cl2N2OS/c1-16-26-20-8-7-19(13-21(20)29-16)22(28)23(24,25)14-17-9-11-27(12-10-17)15-18-5-3-2-4-6-18/h2-8,13,17H,9-12,14-15H2,1H3. The number of piperidine rings is 1. The molecule has 2 aromatic carbocycles. The molecule has 3 aromatic rings. The van der Waals surface area contributed by atoms with Crippen LogP contribution in [0.4, 0.5) is 0 Å². The molecule has 3 nitrogen and oxygen atoms in total. The lowest BCUT2D eigenvalue weighted by Crippen LogP contribution is -2.37. The van der Waals surface area contributed by atoms with Crippen molar-refractivity contribution in [2.45, 2.75) is 37.1 Å². The summed E-state index contributed by atoms with van der Waals surface area (Å²) >= 11 is 14.7. The molecule has 4 rings (SSSR count). The van der Waals surface area contributed by atoms with E-state index in [0.29, 0.717) is 17.9 Å². The van der Waals surface area contributed by atoms with Crippen LogP contribution in [0.1, 0.15) is 40.2 Å². The maximum Gasteiger partial charge on any atom is 0.198 e. The van der Waals surface area contributed by atoms with Gasteiger partial charge in [0.1, 0.15) is 0 Å². The molecule has 0 N–H and O–H groups in total. The lowest BCUT2D eigenvalue weighted by molar-refractivity contribution is 0.0948. The van der Waals surface area contributed by atoms with Crippen LogP contribution in [0, 0.1) is 12.8 Å². The van der Waals surface area contributed by atoms with E-state index in [0.717, 1.165) is 47.7 Å². The van der Waals surface area contributed by atoms with E-state index in [1.165, 1.54) is 5.56 Å². The summed E-state index contributed by atoms with van der Waals surface area (Å²) in [7, 11) is 0. The summed E-state index contributed by atoms with van der Waals surface area (Å²) in [6, 6.07) is 16.0. The van der Waals surface area contributed by atoms with Gasteiger partial charge in [0.05, 0.1) is 15.2 Å². The summed E-state index contributed by atoms with van der Waals surface area (Å²) < 4.78 is -0.397. The Morgan fingerprint density at radius 3 is 2.62 bits per heavy atom. The minimum absolute atomic E-state index is 0.208. The molecule has 29 heavy (non-hydrogen) atoms. The number of carbonyl (C=O) groups excluding carboxylic acids is 1. The largest absolute Gasteiger partial charge is 0.299 e. The number of alkyl halides is 2. The molecule has 0 spiro atoms. The van der Waals surface area contributed by atoms with Crippen molar-refractivity contribution in [2.24, 2.45) is 5.92 Å². The molecule has 0 saturated carbocycles. The first kappa shape index (κ1) is 20.8. The van der Waals surface area contributed by atoms with E-state index in [1.54, 1.807) is 17.4 Å². The van der Waals surface area contributed by atoms with Gasteiger partial charge in [-0.15, -0.1) is 11.3 Å². The van der Waals surface area contributed by atoms with Crippen LogP contribution in [0.5, 0.6) is 0 Å². The molecule has 0 aliphatic carbocycles. The molecule has 1 aromatic heterocycles. The molecule has 1 aliphatic rings. The number of fused-ring (bicyclic) bond motifs is 1. The fourth-order valence-corrected chi connectivity index (χ4v) is 5.56. The molecule has 0 amide bonds. The predicted molar refractivity (Wildman–Crippen MR) is 122 cm³/mol. The van der Waals surface area contributed by atoms with Crippen LogP contribution in [0.25, 0.3) is 10.2 Å². The van der Waals surface area contributed by atoms with Crippen molar-refractivity contribution in [2.75, 3.05) is 13.1 Å². The van der Waals surface area contributed by atoms with Crippen LogP contribution in [0.2, 0.25) is 0 Å². The Balaban J connectivity index is 1.36. The van der Waals surface area contributed by atoms with E-state index in [2.05, 4.69) is 34.1 Å². The highest BCUT2D eigenvalue weighted by Gasteiger charge is 2.38. The third-order valence-electron chi connectivity index (χ3n) is 5.59. The number of carbonyl (C=O) groups is 1. The lowest BCUT2D eigenvalue weighted by Gasteiger charge is -2.34. The topological polar surface area (TPSA) is 33.2 Å². The number of benzene rings is 2. The summed E-state index contributed by atoms with van der Waals surface area (Å²) in [4.78, 5) is 19.9. The average Bonchev–Trinajstić information content (AvgIpc) is 3.08. The van der Waals surface area contributed by atoms with Crippen molar-refractivity contribution in [1.82, 2.24) is 9.88 Å². The van der Waals surface area contributed by atoms with Crippen LogP contribution < -0.4 is 0 Å². The predicted octanol–water partition coefficient (Wildman–Crippen LogP) is 6.26. The molecule has 6 heteroatoms. The summed E-state index contributed by atoms with van der Waals surface area (Å²) in [5, 5.41) is 0.981. The second kappa shape index (κ2) is 8.73. The first-order valence-electron chi connectivity index (χ1n) is 9.97. The maximum absolute atomic E-state index is 13.0. The highest BCUT2D eigenvalue weighted by atomic mass is 35.5. The van der Waals surface area contributed by atoms with Gasteiger partial charge in [0.25, 0.3) is 0 Å². The summed E-state index contributed by atoms with van der Waals surface area (Å²) in [6.45, 7) is 4.94. The van der Waals surface area contributed by atoms with Crippen LogP contribution in [-0.4, -0.2) is 33.1 Å². The Labute approximate surface area is 185 Å². The Morgan fingerprint density at radius 2 is 1.90 bits per heavy atom. The van der Waals surface area contributed by atoms with E-state index >= 15 is 0 Å². The number of aromatic nitrogens is 1. The molecule has 0 atom stereocenters. The highest BCUT2D eigenvalue weighted by Crippen LogP contribution is 2.37.